The maximum Gasteiger partial charge on any atom is 0.272 e. The van der Waals surface area contributed by atoms with Crippen LogP contribution in [0.15, 0.2) is 53.3 Å². The van der Waals surface area contributed by atoms with Crippen LogP contribution in [0.25, 0.3) is 21.8 Å². The molecule has 0 saturated carbocycles. The average molecular weight is 305 g/mol. The topological polar surface area (TPSA) is 104 Å². The number of fused-ring (bicyclic) bond motifs is 2. The number of hydrogen-bond donors (Lipinski definition) is 3. The second kappa shape index (κ2) is 5.06. The van der Waals surface area contributed by atoms with E-state index in [4.69, 9.17) is 0 Å². The fraction of sp³-hybridized carbons (Fsp3) is 0. The van der Waals surface area contributed by atoms with Crippen LogP contribution in [0, 0.1) is 0 Å². The second-order valence-electron chi connectivity index (χ2n) is 5.08. The van der Waals surface area contributed by atoms with Gasteiger partial charge in [0.2, 0.25) is 0 Å². The summed E-state index contributed by atoms with van der Waals surface area (Å²) < 4.78 is 0. The summed E-state index contributed by atoms with van der Waals surface area (Å²) in [5, 5.41) is 14.4. The molecule has 2 aromatic carbocycles. The molecule has 0 aliphatic carbocycles. The van der Waals surface area contributed by atoms with E-state index in [0.717, 1.165) is 0 Å². The Bertz CT molecular complexity index is 1100. The monoisotopic (exact) mass is 305 g/mol. The summed E-state index contributed by atoms with van der Waals surface area (Å²) in [5.74, 6) is -0.393. The molecule has 0 aliphatic heterocycles. The maximum absolute atomic E-state index is 12.4. The van der Waals surface area contributed by atoms with Crippen molar-refractivity contribution in [1.29, 1.82) is 0 Å². The maximum atomic E-state index is 12.4. The highest BCUT2D eigenvalue weighted by Gasteiger charge is 2.10. The largest absolute Gasteiger partial charge is 0.321 e. The molecule has 0 saturated heterocycles. The molecule has 3 N–H and O–H groups in total. The molecule has 2 heterocycles. The molecule has 7 heteroatoms. The molecule has 2 aromatic heterocycles. The average Bonchev–Trinajstić information content (AvgIpc) is 3.02. The number of aromatic nitrogens is 4. The van der Waals surface area contributed by atoms with Crippen molar-refractivity contribution in [2.24, 2.45) is 0 Å². The Hall–Kier alpha value is -3.48. The van der Waals surface area contributed by atoms with Gasteiger partial charge in [0.15, 0.2) is 0 Å². The Morgan fingerprint density at radius 1 is 1.00 bits per heavy atom. The third-order valence-electron chi connectivity index (χ3n) is 3.57. The van der Waals surface area contributed by atoms with Crippen molar-refractivity contribution < 1.29 is 4.79 Å². The normalized spacial score (nSPS) is 11.0. The predicted molar refractivity (Wildman–Crippen MR) is 86.4 cm³/mol. The van der Waals surface area contributed by atoms with Gasteiger partial charge in [-0.15, -0.1) is 0 Å². The van der Waals surface area contributed by atoms with Gasteiger partial charge < -0.3 is 10.3 Å². The SMILES string of the molecule is O=C(Nc1ccc2n[nH]nc2c1)c1cc2ccccc2c(=O)[nH]1. The van der Waals surface area contributed by atoms with E-state index in [1.807, 2.05) is 6.07 Å². The minimum absolute atomic E-state index is 0.203. The molecular weight excluding hydrogens is 294 g/mol. The molecule has 7 nitrogen and oxygen atoms in total. The minimum Gasteiger partial charge on any atom is -0.321 e. The summed E-state index contributed by atoms with van der Waals surface area (Å²) in [4.78, 5) is 27.0. The number of pyridine rings is 1. The van der Waals surface area contributed by atoms with Crippen LogP contribution in [0.3, 0.4) is 0 Å². The molecular formula is C16H11N5O2. The van der Waals surface area contributed by atoms with Crippen molar-refractivity contribution in [3.8, 4) is 0 Å². The molecule has 0 bridgehead atoms. The number of hydrogen-bond acceptors (Lipinski definition) is 4. The van der Waals surface area contributed by atoms with Gasteiger partial charge in [0.1, 0.15) is 16.7 Å². The molecule has 0 radical (unpaired) electrons. The summed E-state index contributed by atoms with van der Waals surface area (Å²) in [5.41, 5.74) is 1.84. The van der Waals surface area contributed by atoms with E-state index < -0.39 is 5.91 Å². The summed E-state index contributed by atoms with van der Waals surface area (Å²) >= 11 is 0. The smallest absolute Gasteiger partial charge is 0.272 e. The number of anilines is 1. The summed E-state index contributed by atoms with van der Waals surface area (Å²) in [6.45, 7) is 0. The summed E-state index contributed by atoms with van der Waals surface area (Å²) in [7, 11) is 0. The van der Waals surface area contributed by atoms with Crippen molar-refractivity contribution in [1.82, 2.24) is 20.4 Å². The van der Waals surface area contributed by atoms with Crippen LogP contribution in [0.1, 0.15) is 10.5 Å². The van der Waals surface area contributed by atoms with Crippen LogP contribution in [-0.2, 0) is 0 Å². The fourth-order valence-corrected chi connectivity index (χ4v) is 2.45. The van der Waals surface area contributed by atoms with Gasteiger partial charge in [-0.25, -0.2) is 0 Å². The Labute approximate surface area is 129 Å². The third-order valence-corrected chi connectivity index (χ3v) is 3.57. The second-order valence-corrected chi connectivity index (χ2v) is 5.08. The number of nitrogens with one attached hydrogen (secondary N) is 3. The van der Waals surface area contributed by atoms with Crippen LogP contribution in [0.5, 0.6) is 0 Å². The lowest BCUT2D eigenvalue weighted by atomic mass is 10.1. The molecule has 4 aromatic rings. The van der Waals surface area contributed by atoms with E-state index in [-0.39, 0.29) is 11.3 Å². The van der Waals surface area contributed by atoms with E-state index in [1.165, 1.54) is 0 Å². The number of rotatable bonds is 2. The van der Waals surface area contributed by atoms with Gasteiger partial charge in [0, 0.05) is 11.1 Å². The predicted octanol–water partition coefficient (Wildman–Crippen LogP) is 2.05. The molecule has 0 spiro atoms. The van der Waals surface area contributed by atoms with Crippen molar-refractivity contribution in [3.05, 3.63) is 64.6 Å². The Morgan fingerprint density at radius 2 is 1.83 bits per heavy atom. The first-order chi connectivity index (χ1) is 11.2. The van der Waals surface area contributed by atoms with Crippen molar-refractivity contribution in [2.75, 3.05) is 5.32 Å². The first kappa shape index (κ1) is 13.2. The van der Waals surface area contributed by atoms with Gasteiger partial charge in [-0.05, 0) is 35.7 Å². The standard InChI is InChI=1S/C16H11N5O2/c22-15-11-4-2-1-3-9(11)7-14(18-15)16(23)17-10-5-6-12-13(8-10)20-21-19-12/h1-8H,(H,17,23)(H,18,22)(H,19,20,21). The van der Waals surface area contributed by atoms with Crippen LogP contribution >= 0.6 is 0 Å². The Morgan fingerprint density at radius 3 is 2.74 bits per heavy atom. The lowest BCUT2D eigenvalue weighted by Crippen LogP contribution is -2.18. The molecule has 0 fully saturated rings. The van der Waals surface area contributed by atoms with Gasteiger partial charge in [-0.2, -0.15) is 15.4 Å². The van der Waals surface area contributed by atoms with E-state index in [1.54, 1.807) is 42.5 Å². The van der Waals surface area contributed by atoms with Crippen molar-refractivity contribution in [3.63, 3.8) is 0 Å². The number of nitrogens with zero attached hydrogens (tertiary/aromatic N) is 2. The highest BCUT2D eigenvalue weighted by molar-refractivity contribution is 6.05. The highest BCUT2D eigenvalue weighted by atomic mass is 16.2. The molecule has 1 amide bonds. The summed E-state index contributed by atoms with van der Waals surface area (Å²) in [6.07, 6.45) is 0. The molecule has 0 aliphatic rings. The fourth-order valence-electron chi connectivity index (χ4n) is 2.45. The van der Waals surface area contributed by atoms with Gasteiger partial charge in [-0.1, -0.05) is 18.2 Å². The molecule has 4 rings (SSSR count). The first-order valence-corrected chi connectivity index (χ1v) is 6.95. The van der Waals surface area contributed by atoms with Gasteiger partial charge in [-0.3, -0.25) is 9.59 Å². The zero-order valence-electron chi connectivity index (χ0n) is 11.8. The number of H-pyrrole nitrogens is 2. The quantitative estimate of drug-likeness (QED) is 0.527. The zero-order valence-corrected chi connectivity index (χ0v) is 11.8. The Kier molecular flexibility index (Phi) is 2.90. The lowest BCUT2D eigenvalue weighted by molar-refractivity contribution is 0.102. The minimum atomic E-state index is -0.393. The van der Waals surface area contributed by atoms with Gasteiger partial charge in [0.05, 0.1) is 0 Å². The molecule has 23 heavy (non-hydrogen) atoms. The van der Waals surface area contributed by atoms with Crippen molar-refractivity contribution >= 4 is 33.4 Å². The zero-order chi connectivity index (χ0) is 15.8. The van der Waals surface area contributed by atoms with Crippen LogP contribution in [0.2, 0.25) is 0 Å². The van der Waals surface area contributed by atoms with Gasteiger partial charge in [0.25, 0.3) is 11.5 Å². The summed E-state index contributed by atoms with van der Waals surface area (Å²) in [6, 6.07) is 13.9. The highest BCUT2D eigenvalue weighted by Crippen LogP contribution is 2.16. The molecule has 0 atom stereocenters. The van der Waals surface area contributed by atoms with Gasteiger partial charge >= 0.3 is 0 Å². The van der Waals surface area contributed by atoms with Crippen molar-refractivity contribution in [2.45, 2.75) is 0 Å². The van der Waals surface area contributed by atoms with E-state index >= 15 is 0 Å². The van der Waals surface area contributed by atoms with Crippen LogP contribution in [-0.4, -0.2) is 26.3 Å². The first-order valence-electron chi connectivity index (χ1n) is 6.95. The Balaban J connectivity index is 1.69. The number of carbonyl (C=O) groups excluding carboxylic acids is 1. The number of benzene rings is 2. The van der Waals surface area contributed by atoms with E-state index in [0.29, 0.717) is 27.5 Å². The number of amides is 1. The van der Waals surface area contributed by atoms with Crippen LogP contribution < -0.4 is 10.9 Å². The van der Waals surface area contributed by atoms with Crippen LogP contribution in [0.4, 0.5) is 5.69 Å². The number of aromatic amines is 2. The lowest BCUT2D eigenvalue weighted by Gasteiger charge is -2.06. The molecule has 0 unspecified atom stereocenters. The third kappa shape index (κ3) is 2.34. The molecule has 112 valence electrons. The number of carbonyl (C=O) groups is 1. The van der Waals surface area contributed by atoms with E-state index in [2.05, 4.69) is 25.7 Å². The van der Waals surface area contributed by atoms with E-state index in [9.17, 15) is 9.59 Å².